The smallest absolute Gasteiger partial charge is 0.0376 e. The van der Waals surface area contributed by atoms with E-state index in [0.29, 0.717) is 12.1 Å². The largest absolute Gasteiger partial charge is 0.382 e. The number of hydrogen-bond donors (Lipinski definition) is 2. The molecular weight excluding hydrogens is 316 g/mol. The number of hydrogen-bond acceptors (Lipinski definition) is 2. The summed E-state index contributed by atoms with van der Waals surface area (Å²) < 4.78 is 0. The zero-order valence-electron chi connectivity index (χ0n) is 18.4. The van der Waals surface area contributed by atoms with Gasteiger partial charge in [0, 0.05) is 23.5 Å². The van der Waals surface area contributed by atoms with Gasteiger partial charge in [0.1, 0.15) is 0 Å². The van der Waals surface area contributed by atoms with Gasteiger partial charge in [-0.3, -0.25) is 0 Å². The molecule has 2 unspecified atom stereocenters. The molecule has 0 saturated heterocycles. The van der Waals surface area contributed by atoms with Crippen LogP contribution in [0.25, 0.3) is 0 Å². The highest BCUT2D eigenvalue weighted by molar-refractivity contribution is 5.65. The van der Waals surface area contributed by atoms with Crippen molar-refractivity contribution in [2.75, 3.05) is 10.6 Å². The standard InChI is InChI=1S/C24H44N2/c1-7-9-11-13-15-19(3)25-23-17-18-24(22(6)21(23)5)26-20(4)16-14-12-10-8-2/h17-20,25-26H,7-16H2,1-6H3. The van der Waals surface area contributed by atoms with Crippen molar-refractivity contribution in [3.63, 3.8) is 0 Å². The summed E-state index contributed by atoms with van der Waals surface area (Å²) in [6.07, 6.45) is 13.2. The Morgan fingerprint density at radius 1 is 0.654 bits per heavy atom. The molecule has 0 aliphatic carbocycles. The van der Waals surface area contributed by atoms with Gasteiger partial charge in [0.05, 0.1) is 0 Å². The molecule has 2 atom stereocenters. The third kappa shape index (κ3) is 8.47. The van der Waals surface area contributed by atoms with Crippen molar-refractivity contribution in [3.05, 3.63) is 23.3 Å². The molecule has 1 aromatic carbocycles. The molecule has 0 heterocycles. The highest BCUT2D eigenvalue weighted by atomic mass is 14.9. The molecule has 0 saturated carbocycles. The maximum atomic E-state index is 3.73. The first kappa shape index (κ1) is 22.9. The molecule has 0 amide bonds. The second kappa shape index (κ2) is 13.1. The third-order valence-corrected chi connectivity index (χ3v) is 5.57. The van der Waals surface area contributed by atoms with Crippen LogP contribution in [0.15, 0.2) is 12.1 Å². The van der Waals surface area contributed by atoms with E-state index in [1.54, 1.807) is 0 Å². The van der Waals surface area contributed by atoms with Gasteiger partial charge in [-0.05, 0) is 63.8 Å². The summed E-state index contributed by atoms with van der Waals surface area (Å²) >= 11 is 0. The van der Waals surface area contributed by atoms with Gasteiger partial charge in [-0.2, -0.15) is 0 Å². The molecule has 0 spiro atoms. The summed E-state index contributed by atoms with van der Waals surface area (Å²) in [7, 11) is 0. The van der Waals surface area contributed by atoms with Crippen LogP contribution in [0.1, 0.15) is 103 Å². The third-order valence-electron chi connectivity index (χ3n) is 5.57. The lowest BCUT2D eigenvalue weighted by molar-refractivity contribution is 0.593. The molecule has 2 heteroatoms. The van der Waals surface area contributed by atoms with Crippen molar-refractivity contribution >= 4 is 11.4 Å². The van der Waals surface area contributed by atoms with Crippen LogP contribution in [0.4, 0.5) is 11.4 Å². The first-order chi connectivity index (χ1) is 12.5. The van der Waals surface area contributed by atoms with Crippen molar-refractivity contribution in [1.82, 2.24) is 0 Å². The lowest BCUT2D eigenvalue weighted by Crippen LogP contribution is -2.18. The molecule has 0 fully saturated rings. The predicted molar refractivity (Wildman–Crippen MR) is 120 cm³/mol. The van der Waals surface area contributed by atoms with Crippen molar-refractivity contribution in [2.24, 2.45) is 0 Å². The van der Waals surface area contributed by atoms with E-state index < -0.39 is 0 Å². The Morgan fingerprint density at radius 3 is 1.38 bits per heavy atom. The van der Waals surface area contributed by atoms with Crippen LogP contribution in [0, 0.1) is 13.8 Å². The minimum Gasteiger partial charge on any atom is -0.382 e. The van der Waals surface area contributed by atoms with E-state index in [1.165, 1.54) is 86.7 Å². The summed E-state index contributed by atoms with van der Waals surface area (Å²) in [5.41, 5.74) is 5.36. The van der Waals surface area contributed by atoms with E-state index in [-0.39, 0.29) is 0 Å². The Hall–Kier alpha value is -1.18. The molecule has 1 aromatic rings. The van der Waals surface area contributed by atoms with Gasteiger partial charge in [0.2, 0.25) is 0 Å². The van der Waals surface area contributed by atoms with E-state index >= 15 is 0 Å². The zero-order valence-corrected chi connectivity index (χ0v) is 18.4. The van der Waals surface area contributed by atoms with Crippen LogP contribution in [0.5, 0.6) is 0 Å². The van der Waals surface area contributed by atoms with Gasteiger partial charge in [0.25, 0.3) is 0 Å². The average Bonchev–Trinajstić information content (AvgIpc) is 2.62. The normalized spacial score (nSPS) is 13.5. The summed E-state index contributed by atoms with van der Waals surface area (Å²) in [6.45, 7) is 13.7. The average molecular weight is 361 g/mol. The Bertz CT molecular complexity index is 450. The molecule has 0 aromatic heterocycles. The maximum Gasteiger partial charge on any atom is 0.0376 e. The number of benzene rings is 1. The van der Waals surface area contributed by atoms with Crippen LogP contribution >= 0.6 is 0 Å². The predicted octanol–water partition coefficient (Wildman–Crippen LogP) is 7.85. The molecule has 150 valence electrons. The van der Waals surface area contributed by atoms with Crippen LogP contribution in [-0.2, 0) is 0 Å². The summed E-state index contributed by atoms with van der Waals surface area (Å²) in [5, 5.41) is 7.46. The van der Waals surface area contributed by atoms with E-state index in [4.69, 9.17) is 0 Å². The fourth-order valence-corrected chi connectivity index (χ4v) is 3.56. The molecule has 0 radical (unpaired) electrons. The molecule has 1 rings (SSSR count). The molecule has 0 aliphatic heterocycles. The SMILES string of the molecule is CCCCCCC(C)Nc1ccc(NC(C)CCCCCC)c(C)c1C. The zero-order chi connectivity index (χ0) is 19.4. The Labute approximate surface area is 163 Å². The Balaban J connectivity index is 2.53. The van der Waals surface area contributed by atoms with Gasteiger partial charge < -0.3 is 10.6 Å². The van der Waals surface area contributed by atoms with Gasteiger partial charge in [-0.1, -0.05) is 65.2 Å². The minimum atomic E-state index is 0.543. The Morgan fingerprint density at radius 2 is 1.04 bits per heavy atom. The number of unbranched alkanes of at least 4 members (excludes halogenated alkanes) is 6. The lowest BCUT2D eigenvalue weighted by Gasteiger charge is -2.22. The summed E-state index contributed by atoms with van der Waals surface area (Å²) in [4.78, 5) is 0. The minimum absolute atomic E-state index is 0.543. The van der Waals surface area contributed by atoms with Crippen LogP contribution in [-0.4, -0.2) is 12.1 Å². The summed E-state index contributed by atoms with van der Waals surface area (Å²) in [5.74, 6) is 0. The van der Waals surface area contributed by atoms with Gasteiger partial charge in [0.15, 0.2) is 0 Å². The van der Waals surface area contributed by atoms with Crippen molar-refractivity contribution in [2.45, 2.75) is 118 Å². The van der Waals surface area contributed by atoms with E-state index in [1.807, 2.05) is 0 Å². The second-order valence-corrected chi connectivity index (χ2v) is 8.20. The highest BCUT2D eigenvalue weighted by Crippen LogP contribution is 2.27. The Kier molecular flexibility index (Phi) is 11.5. The fraction of sp³-hybridized carbons (Fsp3) is 0.750. The van der Waals surface area contributed by atoms with Crippen LogP contribution in [0.2, 0.25) is 0 Å². The number of anilines is 2. The molecular formula is C24H44N2. The number of rotatable bonds is 14. The molecule has 0 aliphatic rings. The maximum absolute atomic E-state index is 3.73. The van der Waals surface area contributed by atoms with Gasteiger partial charge >= 0.3 is 0 Å². The topological polar surface area (TPSA) is 24.1 Å². The van der Waals surface area contributed by atoms with E-state index in [0.717, 1.165) is 0 Å². The molecule has 2 N–H and O–H groups in total. The molecule has 26 heavy (non-hydrogen) atoms. The monoisotopic (exact) mass is 360 g/mol. The number of nitrogens with one attached hydrogen (secondary N) is 2. The first-order valence-electron chi connectivity index (χ1n) is 11.1. The van der Waals surface area contributed by atoms with Crippen molar-refractivity contribution in [3.8, 4) is 0 Å². The van der Waals surface area contributed by atoms with Crippen LogP contribution in [0.3, 0.4) is 0 Å². The van der Waals surface area contributed by atoms with Gasteiger partial charge in [-0.25, -0.2) is 0 Å². The van der Waals surface area contributed by atoms with Gasteiger partial charge in [-0.15, -0.1) is 0 Å². The van der Waals surface area contributed by atoms with Crippen molar-refractivity contribution in [1.29, 1.82) is 0 Å². The quantitative estimate of drug-likeness (QED) is 0.330. The van der Waals surface area contributed by atoms with Crippen molar-refractivity contribution < 1.29 is 0 Å². The lowest BCUT2D eigenvalue weighted by atomic mass is 10.0. The van der Waals surface area contributed by atoms with E-state index in [2.05, 4.69) is 64.3 Å². The van der Waals surface area contributed by atoms with E-state index in [9.17, 15) is 0 Å². The summed E-state index contributed by atoms with van der Waals surface area (Å²) in [6, 6.07) is 5.61. The fourth-order valence-electron chi connectivity index (χ4n) is 3.56. The first-order valence-corrected chi connectivity index (χ1v) is 11.1. The second-order valence-electron chi connectivity index (χ2n) is 8.20. The molecule has 0 bridgehead atoms. The highest BCUT2D eigenvalue weighted by Gasteiger charge is 2.10. The molecule has 2 nitrogen and oxygen atoms in total. The van der Waals surface area contributed by atoms with Crippen LogP contribution < -0.4 is 10.6 Å².